The Kier molecular flexibility index (Phi) is 7.72. The fraction of sp³-hybridized carbons (Fsp3) is 0.786. The molecule has 1 N–H and O–H groups in total. The van der Waals surface area contributed by atoms with Crippen molar-refractivity contribution < 1.29 is 28.6 Å². The van der Waals surface area contributed by atoms with Gasteiger partial charge in [-0.25, -0.2) is 14.4 Å². The third kappa shape index (κ3) is 10.3. The van der Waals surface area contributed by atoms with Gasteiger partial charge in [-0.05, 0) is 41.5 Å². The summed E-state index contributed by atoms with van der Waals surface area (Å²) in [5.74, 6) is -1.45. The summed E-state index contributed by atoms with van der Waals surface area (Å²) in [6.07, 6.45) is -0.763. The monoisotopic (exact) mass is 335 g/mol. The molecule has 1 atom stereocenters. The lowest BCUT2D eigenvalue weighted by Gasteiger charge is -2.22. The normalized spacial score (nSPS) is 13.0. The van der Waals surface area contributed by atoms with E-state index in [4.69, 9.17) is 14.2 Å². The van der Waals surface area contributed by atoms with Gasteiger partial charge in [0.05, 0.1) is 0 Å². The summed E-state index contributed by atoms with van der Waals surface area (Å²) in [4.78, 5) is 34.8. The van der Waals surface area contributed by atoms with Crippen molar-refractivity contribution in [2.45, 2.75) is 58.8 Å². The highest BCUT2D eigenvalue weighted by molar-refractivity contribution is 7.80. The molecular formula is C14H25NO6S. The average Bonchev–Trinajstić information content (AvgIpc) is 2.28. The molecule has 0 aromatic carbocycles. The molecule has 8 heteroatoms. The molecule has 0 heterocycles. The van der Waals surface area contributed by atoms with Gasteiger partial charge < -0.3 is 19.5 Å². The van der Waals surface area contributed by atoms with Crippen molar-refractivity contribution in [3.05, 3.63) is 0 Å². The van der Waals surface area contributed by atoms with E-state index in [9.17, 15) is 14.4 Å². The van der Waals surface area contributed by atoms with Crippen LogP contribution in [0.5, 0.6) is 0 Å². The van der Waals surface area contributed by atoms with Crippen molar-refractivity contribution in [1.82, 2.24) is 5.32 Å². The van der Waals surface area contributed by atoms with E-state index in [-0.39, 0.29) is 5.75 Å². The molecule has 0 aromatic heterocycles. The van der Waals surface area contributed by atoms with Crippen molar-refractivity contribution in [3.63, 3.8) is 0 Å². The third-order valence-electron chi connectivity index (χ3n) is 1.91. The van der Waals surface area contributed by atoms with Crippen LogP contribution in [0.3, 0.4) is 0 Å². The standard InChI is InChI=1S/C14H25NO6S/c1-13(2,3)20-10(16)7-19-11(17)9(8-22)15-12(18)21-14(4,5)6/h9,22H,7-8H2,1-6H3,(H,15,18)/t9-/m0/s1. The van der Waals surface area contributed by atoms with Crippen LogP contribution in [0.15, 0.2) is 0 Å². The van der Waals surface area contributed by atoms with Gasteiger partial charge in [0, 0.05) is 5.75 Å². The number of ether oxygens (including phenoxy) is 3. The van der Waals surface area contributed by atoms with E-state index in [1.54, 1.807) is 41.5 Å². The molecule has 22 heavy (non-hydrogen) atoms. The quantitative estimate of drug-likeness (QED) is 0.451. The van der Waals surface area contributed by atoms with E-state index in [0.29, 0.717) is 0 Å². The van der Waals surface area contributed by atoms with Crippen LogP contribution in [0.4, 0.5) is 4.79 Å². The number of amides is 1. The molecular weight excluding hydrogens is 310 g/mol. The molecule has 0 spiro atoms. The van der Waals surface area contributed by atoms with E-state index in [1.807, 2.05) is 0 Å². The minimum absolute atomic E-state index is 0.00634. The first-order valence-corrected chi connectivity index (χ1v) is 7.46. The minimum Gasteiger partial charge on any atom is -0.457 e. The molecule has 0 aromatic rings. The van der Waals surface area contributed by atoms with Crippen molar-refractivity contribution in [3.8, 4) is 0 Å². The number of thiol groups is 1. The Hall–Kier alpha value is -1.44. The smallest absolute Gasteiger partial charge is 0.408 e. The largest absolute Gasteiger partial charge is 0.457 e. The molecule has 7 nitrogen and oxygen atoms in total. The van der Waals surface area contributed by atoms with Crippen LogP contribution < -0.4 is 5.32 Å². The molecule has 0 saturated carbocycles. The highest BCUT2D eigenvalue weighted by Crippen LogP contribution is 2.08. The second kappa shape index (κ2) is 8.26. The van der Waals surface area contributed by atoms with Crippen molar-refractivity contribution >= 4 is 30.7 Å². The number of hydrogen-bond donors (Lipinski definition) is 2. The van der Waals surface area contributed by atoms with Crippen molar-refractivity contribution in [2.24, 2.45) is 0 Å². The Balaban J connectivity index is 4.37. The summed E-state index contributed by atoms with van der Waals surface area (Å²) in [6, 6.07) is -1.01. The Labute approximate surface area is 136 Å². The predicted octanol–water partition coefficient (Wildman–Crippen LogP) is 1.69. The second-order valence-corrected chi connectivity index (χ2v) is 6.94. The Morgan fingerprint density at radius 3 is 1.91 bits per heavy atom. The molecule has 0 aliphatic carbocycles. The average molecular weight is 335 g/mol. The Morgan fingerprint density at radius 1 is 1.00 bits per heavy atom. The highest BCUT2D eigenvalue weighted by atomic mass is 32.1. The van der Waals surface area contributed by atoms with E-state index >= 15 is 0 Å². The molecule has 128 valence electrons. The SMILES string of the molecule is CC(C)(C)OC(=O)COC(=O)[C@H](CS)NC(=O)OC(C)(C)C. The zero-order valence-corrected chi connectivity index (χ0v) is 14.8. The summed E-state index contributed by atoms with van der Waals surface area (Å²) >= 11 is 3.97. The zero-order valence-electron chi connectivity index (χ0n) is 13.9. The summed E-state index contributed by atoms with van der Waals surface area (Å²) in [5.41, 5.74) is -1.35. The van der Waals surface area contributed by atoms with Crippen LogP contribution in [-0.4, -0.2) is 47.6 Å². The second-order valence-electron chi connectivity index (χ2n) is 6.58. The van der Waals surface area contributed by atoms with Crippen LogP contribution in [0.25, 0.3) is 0 Å². The van der Waals surface area contributed by atoms with Gasteiger partial charge in [0.2, 0.25) is 0 Å². The number of carbonyl (C=O) groups is 3. The molecule has 0 aliphatic heterocycles. The number of rotatable bonds is 5. The van der Waals surface area contributed by atoms with Gasteiger partial charge >= 0.3 is 18.0 Å². The minimum atomic E-state index is -1.01. The first-order chi connectivity index (χ1) is 9.84. The zero-order chi connectivity index (χ0) is 17.6. The molecule has 0 saturated heterocycles. The molecule has 1 amide bonds. The highest BCUT2D eigenvalue weighted by Gasteiger charge is 2.25. The van der Waals surface area contributed by atoms with E-state index in [1.165, 1.54) is 0 Å². The van der Waals surface area contributed by atoms with Gasteiger partial charge in [-0.2, -0.15) is 12.6 Å². The van der Waals surface area contributed by atoms with E-state index in [0.717, 1.165) is 0 Å². The van der Waals surface area contributed by atoms with Gasteiger partial charge in [0.15, 0.2) is 6.61 Å². The van der Waals surface area contributed by atoms with Crippen LogP contribution in [0.1, 0.15) is 41.5 Å². The molecule has 0 rings (SSSR count). The summed E-state index contributed by atoms with van der Waals surface area (Å²) in [5, 5.41) is 2.33. The maximum Gasteiger partial charge on any atom is 0.408 e. The van der Waals surface area contributed by atoms with Crippen LogP contribution in [-0.2, 0) is 23.8 Å². The topological polar surface area (TPSA) is 90.9 Å². The maximum absolute atomic E-state index is 11.8. The fourth-order valence-electron chi connectivity index (χ4n) is 1.23. The Morgan fingerprint density at radius 2 is 1.50 bits per heavy atom. The number of nitrogens with one attached hydrogen (secondary N) is 1. The number of hydrogen-bond acceptors (Lipinski definition) is 7. The number of alkyl carbamates (subject to hydrolysis) is 1. The van der Waals surface area contributed by atoms with E-state index in [2.05, 4.69) is 17.9 Å². The van der Waals surface area contributed by atoms with Crippen LogP contribution in [0.2, 0.25) is 0 Å². The first-order valence-electron chi connectivity index (χ1n) is 6.83. The van der Waals surface area contributed by atoms with Crippen LogP contribution in [0, 0.1) is 0 Å². The number of carbonyl (C=O) groups excluding carboxylic acids is 3. The van der Waals surface area contributed by atoms with Crippen molar-refractivity contribution in [2.75, 3.05) is 12.4 Å². The summed E-state index contributed by atoms with van der Waals surface area (Å²) in [7, 11) is 0. The van der Waals surface area contributed by atoms with Crippen molar-refractivity contribution in [1.29, 1.82) is 0 Å². The molecule has 0 fully saturated rings. The summed E-state index contributed by atoms with van der Waals surface area (Å²) in [6.45, 7) is 9.67. The van der Waals surface area contributed by atoms with Gasteiger partial charge in [-0.3, -0.25) is 0 Å². The lowest BCUT2D eigenvalue weighted by Crippen LogP contribution is -2.45. The fourth-order valence-corrected chi connectivity index (χ4v) is 1.47. The molecule has 0 aliphatic rings. The lowest BCUT2D eigenvalue weighted by atomic mass is 10.2. The Bertz CT molecular complexity index is 411. The molecule has 0 radical (unpaired) electrons. The summed E-state index contributed by atoms with van der Waals surface area (Å²) < 4.78 is 14.8. The first kappa shape index (κ1) is 20.6. The van der Waals surface area contributed by atoms with Crippen LogP contribution >= 0.6 is 12.6 Å². The molecule has 0 unspecified atom stereocenters. The van der Waals surface area contributed by atoms with Gasteiger partial charge in [0.1, 0.15) is 17.2 Å². The van der Waals surface area contributed by atoms with Gasteiger partial charge in [-0.1, -0.05) is 0 Å². The number of esters is 2. The predicted molar refractivity (Wildman–Crippen MR) is 83.8 cm³/mol. The molecule has 0 bridgehead atoms. The van der Waals surface area contributed by atoms with Gasteiger partial charge in [-0.15, -0.1) is 0 Å². The van der Waals surface area contributed by atoms with Gasteiger partial charge in [0.25, 0.3) is 0 Å². The maximum atomic E-state index is 11.8. The van der Waals surface area contributed by atoms with E-state index < -0.39 is 41.9 Å². The third-order valence-corrected chi connectivity index (χ3v) is 2.28. The lowest BCUT2D eigenvalue weighted by molar-refractivity contribution is -0.167.